The number of benzene rings is 1. The quantitative estimate of drug-likeness (QED) is 0.690. The molecule has 0 aliphatic heterocycles. The summed E-state index contributed by atoms with van der Waals surface area (Å²) in [6.45, 7) is 3.94. The molecule has 64 valence electrons. The summed E-state index contributed by atoms with van der Waals surface area (Å²) in [6, 6.07) is 6.13. The number of aryl methyl sites for hydroxylation is 1. The van der Waals surface area contributed by atoms with Crippen LogP contribution in [0.1, 0.15) is 18.1 Å². The highest BCUT2D eigenvalue weighted by Gasteiger charge is 1.95. The Morgan fingerprint density at radius 3 is 2.67 bits per heavy atom. The van der Waals surface area contributed by atoms with Crippen molar-refractivity contribution in [2.45, 2.75) is 13.8 Å². The predicted octanol–water partition coefficient (Wildman–Crippen LogP) is 4.36. The average Bonchev–Trinajstić information content (AvgIpc) is 1.94. The van der Waals surface area contributed by atoms with Crippen molar-refractivity contribution in [1.29, 1.82) is 0 Å². The van der Waals surface area contributed by atoms with Crippen molar-refractivity contribution in [3.05, 3.63) is 38.8 Å². The Morgan fingerprint density at radius 1 is 1.50 bits per heavy atom. The monoisotopic (exact) mass is 244 g/mol. The first-order valence-electron chi connectivity index (χ1n) is 3.69. The van der Waals surface area contributed by atoms with E-state index >= 15 is 0 Å². The molecule has 0 spiro atoms. The minimum Gasteiger partial charge on any atom is -0.0894 e. The number of rotatable bonds is 1. The van der Waals surface area contributed by atoms with Crippen LogP contribution in [-0.2, 0) is 0 Å². The molecule has 0 amide bonds. The molecule has 0 saturated carbocycles. The lowest BCUT2D eigenvalue weighted by atomic mass is 10.1. The van der Waals surface area contributed by atoms with E-state index < -0.39 is 0 Å². The Balaban J connectivity index is 3.10. The molecular formula is C10H10BrCl. The Bertz CT molecular complexity index is 312. The molecule has 1 rings (SSSR count). The summed E-state index contributed by atoms with van der Waals surface area (Å²) >= 11 is 9.18. The second-order valence-corrected chi connectivity index (χ2v) is 4.24. The normalized spacial score (nSPS) is 11.8. The first-order chi connectivity index (χ1) is 5.59. The average molecular weight is 246 g/mol. The van der Waals surface area contributed by atoms with E-state index in [-0.39, 0.29) is 0 Å². The maximum absolute atomic E-state index is 5.77. The van der Waals surface area contributed by atoms with Crippen molar-refractivity contribution in [1.82, 2.24) is 0 Å². The largest absolute Gasteiger partial charge is 0.0894 e. The van der Waals surface area contributed by atoms with E-state index in [9.17, 15) is 0 Å². The molecule has 1 aromatic carbocycles. The molecule has 2 heteroatoms. The van der Waals surface area contributed by atoms with Crippen LogP contribution in [0, 0.1) is 6.92 Å². The van der Waals surface area contributed by atoms with Gasteiger partial charge in [0.15, 0.2) is 0 Å². The molecule has 0 radical (unpaired) electrons. The van der Waals surface area contributed by atoms with E-state index in [1.54, 1.807) is 0 Å². The Hall–Kier alpha value is -0.270. The lowest BCUT2D eigenvalue weighted by molar-refractivity contribution is 1.42. The minimum absolute atomic E-state index is 0.806. The number of allylic oxidation sites excluding steroid dienone is 1. The molecule has 0 heterocycles. The van der Waals surface area contributed by atoms with Crippen LogP contribution in [0.3, 0.4) is 0 Å². The summed E-state index contributed by atoms with van der Waals surface area (Å²) in [5.41, 5.74) is 2.40. The van der Waals surface area contributed by atoms with Crippen LogP contribution in [0.2, 0.25) is 0 Å². The van der Waals surface area contributed by atoms with Crippen LogP contribution in [0.25, 0.3) is 6.08 Å². The summed E-state index contributed by atoms with van der Waals surface area (Å²) in [6.07, 6.45) is 1.96. The summed E-state index contributed by atoms with van der Waals surface area (Å²) in [5, 5.41) is 0.806. The molecular weight excluding hydrogens is 235 g/mol. The molecule has 0 atom stereocenters. The van der Waals surface area contributed by atoms with Crippen LogP contribution < -0.4 is 0 Å². The minimum atomic E-state index is 0.806. The number of hydrogen-bond donors (Lipinski definition) is 0. The zero-order chi connectivity index (χ0) is 9.14. The number of halogens is 2. The van der Waals surface area contributed by atoms with Crippen molar-refractivity contribution < 1.29 is 0 Å². The summed E-state index contributed by atoms with van der Waals surface area (Å²) in [5.74, 6) is 0. The second kappa shape index (κ2) is 4.11. The van der Waals surface area contributed by atoms with Gasteiger partial charge in [-0.25, -0.2) is 0 Å². The SMILES string of the molecule is C/C(Cl)=C\c1ccc(Br)cc1C. The van der Waals surface area contributed by atoms with Crippen LogP contribution >= 0.6 is 27.5 Å². The van der Waals surface area contributed by atoms with Crippen molar-refractivity contribution >= 4 is 33.6 Å². The van der Waals surface area contributed by atoms with Gasteiger partial charge in [-0.1, -0.05) is 33.6 Å². The molecule has 0 N–H and O–H groups in total. The molecule has 0 aromatic heterocycles. The highest BCUT2D eigenvalue weighted by molar-refractivity contribution is 9.10. The molecule has 0 saturated heterocycles. The van der Waals surface area contributed by atoms with Crippen molar-refractivity contribution in [2.24, 2.45) is 0 Å². The van der Waals surface area contributed by atoms with Gasteiger partial charge < -0.3 is 0 Å². The van der Waals surface area contributed by atoms with Crippen molar-refractivity contribution in [3.8, 4) is 0 Å². The van der Waals surface area contributed by atoms with Gasteiger partial charge in [-0.05, 0) is 43.2 Å². The summed E-state index contributed by atoms with van der Waals surface area (Å²) < 4.78 is 1.10. The molecule has 0 aliphatic carbocycles. The van der Waals surface area contributed by atoms with Gasteiger partial charge in [0.25, 0.3) is 0 Å². The second-order valence-electron chi connectivity index (χ2n) is 2.73. The Labute approximate surface area is 86.4 Å². The summed E-state index contributed by atoms with van der Waals surface area (Å²) in [4.78, 5) is 0. The van der Waals surface area contributed by atoms with Gasteiger partial charge in [0, 0.05) is 9.51 Å². The van der Waals surface area contributed by atoms with E-state index in [2.05, 4.69) is 28.9 Å². The molecule has 12 heavy (non-hydrogen) atoms. The zero-order valence-electron chi connectivity index (χ0n) is 7.07. The highest BCUT2D eigenvalue weighted by Crippen LogP contribution is 2.18. The van der Waals surface area contributed by atoms with Gasteiger partial charge in [-0.3, -0.25) is 0 Å². The lowest BCUT2D eigenvalue weighted by Gasteiger charge is -2.00. The molecule has 0 aliphatic rings. The molecule has 1 aromatic rings. The van der Waals surface area contributed by atoms with Gasteiger partial charge in [-0.2, -0.15) is 0 Å². The fourth-order valence-corrected chi connectivity index (χ4v) is 1.61. The van der Waals surface area contributed by atoms with Crippen molar-refractivity contribution in [3.63, 3.8) is 0 Å². The third-order valence-corrected chi connectivity index (χ3v) is 2.19. The maximum Gasteiger partial charge on any atom is 0.0178 e. The van der Waals surface area contributed by atoms with Crippen molar-refractivity contribution in [2.75, 3.05) is 0 Å². The molecule has 0 bridgehead atoms. The fraction of sp³-hybridized carbons (Fsp3) is 0.200. The van der Waals surface area contributed by atoms with Gasteiger partial charge in [0.1, 0.15) is 0 Å². The van der Waals surface area contributed by atoms with Gasteiger partial charge in [-0.15, -0.1) is 0 Å². The molecule has 0 nitrogen and oxygen atoms in total. The van der Waals surface area contributed by atoms with Gasteiger partial charge in [0.05, 0.1) is 0 Å². The zero-order valence-corrected chi connectivity index (χ0v) is 9.41. The predicted molar refractivity (Wildman–Crippen MR) is 58.4 cm³/mol. The van der Waals surface area contributed by atoms with E-state index in [0.29, 0.717) is 0 Å². The van der Waals surface area contributed by atoms with Gasteiger partial charge >= 0.3 is 0 Å². The number of hydrogen-bond acceptors (Lipinski definition) is 0. The molecule has 0 unspecified atom stereocenters. The smallest absolute Gasteiger partial charge is 0.0178 e. The first-order valence-corrected chi connectivity index (χ1v) is 4.86. The van der Waals surface area contributed by atoms with E-state index in [0.717, 1.165) is 9.51 Å². The Kier molecular flexibility index (Phi) is 3.36. The third kappa shape index (κ3) is 2.65. The van der Waals surface area contributed by atoms with Gasteiger partial charge in [0.2, 0.25) is 0 Å². The van der Waals surface area contributed by atoms with E-state index in [1.165, 1.54) is 11.1 Å². The summed E-state index contributed by atoms with van der Waals surface area (Å²) in [7, 11) is 0. The third-order valence-electron chi connectivity index (χ3n) is 1.59. The fourth-order valence-electron chi connectivity index (χ4n) is 1.02. The topological polar surface area (TPSA) is 0 Å². The van der Waals surface area contributed by atoms with E-state index in [4.69, 9.17) is 11.6 Å². The van der Waals surface area contributed by atoms with E-state index in [1.807, 2.05) is 25.1 Å². The lowest BCUT2D eigenvalue weighted by Crippen LogP contribution is -1.79. The highest BCUT2D eigenvalue weighted by atomic mass is 79.9. The van der Waals surface area contributed by atoms with Crippen LogP contribution in [0.5, 0.6) is 0 Å². The first kappa shape index (κ1) is 9.82. The van der Waals surface area contributed by atoms with Crippen LogP contribution in [0.4, 0.5) is 0 Å². The van der Waals surface area contributed by atoms with Crippen LogP contribution in [-0.4, -0.2) is 0 Å². The maximum atomic E-state index is 5.77. The standard InChI is InChI=1S/C10H10BrCl/c1-7-5-10(11)4-3-9(7)6-8(2)12/h3-6H,1-2H3/b8-6+. The van der Waals surface area contributed by atoms with Crippen LogP contribution in [0.15, 0.2) is 27.7 Å². The Morgan fingerprint density at radius 2 is 2.17 bits per heavy atom. The molecule has 0 fully saturated rings.